The van der Waals surface area contributed by atoms with E-state index in [-0.39, 0.29) is 5.91 Å². The molecule has 1 aliphatic rings. The van der Waals surface area contributed by atoms with Crippen molar-refractivity contribution < 1.29 is 9.53 Å². The highest BCUT2D eigenvalue weighted by Gasteiger charge is 2.45. The smallest absolute Gasteiger partial charge is 0.230 e. The molecule has 0 unspecified atom stereocenters. The molecular weight excluding hydrogens is 312 g/mol. The summed E-state index contributed by atoms with van der Waals surface area (Å²) in [6, 6.07) is 11.3. The van der Waals surface area contributed by atoms with Gasteiger partial charge in [-0.1, -0.05) is 36.2 Å². The number of nitrogens with one attached hydrogen (secondary N) is 1. The second-order valence-corrected chi connectivity index (χ2v) is 6.27. The van der Waals surface area contributed by atoms with Crippen LogP contribution in [0.1, 0.15) is 30.4 Å². The fourth-order valence-electron chi connectivity index (χ4n) is 2.93. The number of ether oxygens (including phenoxy) is 1. The molecule has 23 heavy (non-hydrogen) atoms. The van der Waals surface area contributed by atoms with E-state index >= 15 is 0 Å². The summed E-state index contributed by atoms with van der Waals surface area (Å²) < 4.78 is 5.03. The molecule has 0 radical (unpaired) electrons. The third-order valence-corrected chi connectivity index (χ3v) is 4.75. The highest BCUT2D eigenvalue weighted by molar-refractivity contribution is 6.30. The summed E-state index contributed by atoms with van der Waals surface area (Å²) in [5.74, 6) is 0.638. The van der Waals surface area contributed by atoms with E-state index < -0.39 is 5.41 Å². The molecule has 2 aromatic rings. The van der Waals surface area contributed by atoms with Crippen LogP contribution in [0.3, 0.4) is 0 Å². The van der Waals surface area contributed by atoms with Gasteiger partial charge in [0, 0.05) is 23.8 Å². The highest BCUT2D eigenvalue weighted by atomic mass is 35.5. The van der Waals surface area contributed by atoms with E-state index in [1.165, 1.54) is 0 Å². The Hall–Kier alpha value is -2.07. The van der Waals surface area contributed by atoms with Gasteiger partial charge < -0.3 is 10.1 Å². The van der Waals surface area contributed by atoms with Crippen molar-refractivity contribution in [2.24, 2.45) is 0 Å². The number of methoxy groups -OCH3 is 1. The molecule has 1 aromatic carbocycles. The van der Waals surface area contributed by atoms with Gasteiger partial charge in [0.1, 0.15) is 0 Å². The summed E-state index contributed by atoms with van der Waals surface area (Å²) in [6.07, 6.45) is 4.54. The topological polar surface area (TPSA) is 51.2 Å². The van der Waals surface area contributed by atoms with Gasteiger partial charge in [0.05, 0.1) is 12.5 Å². The molecule has 0 saturated heterocycles. The normalized spacial score (nSPS) is 15.6. The third kappa shape index (κ3) is 3.17. The Balaban J connectivity index is 1.69. The van der Waals surface area contributed by atoms with Crippen molar-refractivity contribution in [1.29, 1.82) is 0 Å². The molecule has 0 aliphatic heterocycles. The van der Waals surface area contributed by atoms with Crippen molar-refractivity contribution in [1.82, 2.24) is 10.3 Å². The Bertz CT molecular complexity index is 679. The Labute approximate surface area is 140 Å². The van der Waals surface area contributed by atoms with Gasteiger partial charge in [0.2, 0.25) is 11.8 Å². The van der Waals surface area contributed by atoms with E-state index in [4.69, 9.17) is 16.3 Å². The van der Waals surface area contributed by atoms with Crippen molar-refractivity contribution in [2.75, 3.05) is 7.11 Å². The summed E-state index contributed by atoms with van der Waals surface area (Å²) in [6.45, 7) is 0.463. The minimum absolute atomic E-state index is 0.0712. The van der Waals surface area contributed by atoms with Crippen LogP contribution in [-0.4, -0.2) is 18.0 Å². The first-order chi connectivity index (χ1) is 11.1. The lowest BCUT2D eigenvalue weighted by Gasteiger charge is -2.40. The average molecular weight is 331 g/mol. The molecule has 1 saturated carbocycles. The van der Waals surface area contributed by atoms with Crippen LogP contribution < -0.4 is 10.1 Å². The number of aromatic nitrogens is 1. The molecule has 1 aliphatic carbocycles. The van der Waals surface area contributed by atoms with Crippen LogP contribution in [0.25, 0.3) is 0 Å². The first-order valence-electron chi connectivity index (χ1n) is 7.67. The van der Waals surface area contributed by atoms with Gasteiger partial charge in [-0.3, -0.25) is 4.79 Å². The van der Waals surface area contributed by atoms with Gasteiger partial charge in [0.25, 0.3) is 0 Å². The van der Waals surface area contributed by atoms with E-state index in [9.17, 15) is 4.79 Å². The van der Waals surface area contributed by atoms with E-state index in [0.29, 0.717) is 17.4 Å². The number of hydrogen-bond acceptors (Lipinski definition) is 3. The minimum atomic E-state index is -0.412. The second-order valence-electron chi connectivity index (χ2n) is 5.83. The summed E-state index contributed by atoms with van der Waals surface area (Å²) >= 11 is 5.95. The van der Waals surface area contributed by atoms with E-state index in [2.05, 4.69) is 10.3 Å². The van der Waals surface area contributed by atoms with Gasteiger partial charge in [0.15, 0.2) is 0 Å². The maximum atomic E-state index is 12.7. The number of rotatable bonds is 5. The maximum Gasteiger partial charge on any atom is 0.230 e. The summed E-state index contributed by atoms with van der Waals surface area (Å²) in [7, 11) is 1.58. The van der Waals surface area contributed by atoms with Gasteiger partial charge in [-0.15, -0.1) is 0 Å². The molecule has 120 valence electrons. The van der Waals surface area contributed by atoms with Crippen molar-refractivity contribution >= 4 is 17.5 Å². The molecule has 0 bridgehead atoms. The molecule has 1 heterocycles. The number of benzene rings is 1. The van der Waals surface area contributed by atoms with E-state index in [1.807, 2.05) is 30.3 Å². The molecule has 0 atom stereocenters. The lowest BCUT2D eigenvalue weighted by Crippen LogP contribution is -2.48. The predicted octanol–water partition coefficient (Wildman–Crippen LogP) is 3.48. The Morgan fingerprint density at radius 2 is 2.00 bits per heavy atom. The molecule has 3 rings (SSSR count). The lowest BCUT2D eigenvalue weighted by molar-refractivity contribution is -0.130. The van der Waals surface area contributed by atoms with Crippen molar-refractivity contribution in [3.05, 3.63) is 58.7 Å². The first-order valence-corrected chi connectivity index (χ1v) is 8.05. The Morgan fingerprint density at radius 1 is 1.26 bits per heavy atom. The molecular formula is C18H19ClN2O2. The van der Waals surface area contributed by atoms with E-state index in [0.717, 1.165) is 30.4 Å². The molecule has 4 nitrogen and oxygen atoms in total. The standard InChI is InChI=1S/C18H19ClN2O2/c1-23-16-8-3-13(11-20-16)12-21-17(22)18(9-2-10-18)14-4-6-15(19)7-5-14/h3-8,11H,2,9-10,12H2,1H3,(H,21,22). The van der Waals surface area contributed by atoms with Crippen LogP contribution in [0.5, 0.6) is 5.88 Å². The zero-order valence-corrected chi connectivity index (χ0v) is 13.8. The van der Waals surface area contributed by atoms with Crippen LogP contribution in [0.15, 0.2) is 42.6 Å². The van der Waals surface area contributed by atoms with Gasteiger partial charge in [-0.2, -0.15) is 0 Å². The summed E-state index contributed by atoms with van der Waals surface area (Å²) in [5, 5.41) is 3.73. The van der Waals surface area contributed by atoms with Crippen LogP contribution in [0, 0.1) is 0 Å². The highest BCUT2D eigenvalue weighted by Crippen LogP contribution is 2.44. The van der Waals surface area contributed by atoms with Crippen molar-refractivity contribution in [3.8, 4) is 5.88 Å². The number of nitrogens with zero attached hydrogens (tertiary/aromatic N) is 1. The molecule has 1 amide bonds. The molecule has 1 N–H and O–H groups in total. The molecule has 1 aromatic heterocycles. The fraction of sp³-hybridized carbons (Fsp3) is 0.333. The van der Waals surface area contributed by atoms with Crippen molar-refractivity contribution in [2.45, 2.75) is 31.2 Å². The van der Waals surface area contributed by atoms with Crippen LogP contribution in [0.2, 0.25) is 5.02 Å². The zero-order valence-electron chi connectivity index (χ0n) is 13.0. The van der Waals surface area contributed by atoms with Gasteiger partial charge >= 0.3 is 0 Å². The quantitative estimate of drug-likeness (QED) is 0.913. The summed E-state index contributed by atoms with van der Waals surface area (Å²) in [4.78, 5) is 16.9. The lowest BCUT2D eigenvalue weighted by atomic mass is 9.64. The number of pyridine rings is 1. The number of carbonyl (C=O) groups excluding carboxylic acids is 1. The minimum Gasteiger partial charge on any atom is -0.481 e. The number of hydrogen-bond donors (Lipinski definition) is 1. The maximum absolute atomic E-state index is 12.7. The predicted molar refractivity (Wildman–Crippen MR) is 89.6 cm³/mol. The first kappa shape index (κ1) is 15.8. The summed E-state index contributed by atoms with van der Waals surface area (Å²) in [5.41, 5.74) is 1.58. The number of amides is 1. The Kier molecular flexibility index (Phi) is 4.53. The monoisotopic (exact) mass is 330 g/mol. The fourth-order valence-corrected chi connectivity index (χ4v) is 3.06. The molecule has 1 fully saturated rings. The van der Waals surface area contributed by atoms with E-state index in [1.54, 1.807) is 19.4 Å². The van der Waals surface area contributed by atoms with Crippen LogP contribution in [0.4, 0.5) is 0 Å². The SMILES string of the molecule is COc1ccc(CNC(=O)C2(c3ccc(Cl)cc3)CCC2)cn1. The average Bonchev–Trinajstić information content (AvgIpc) is 2.54. The number of carbonyl (C=O) groups is 1. The van der Waals surface area contributed by atoms with Crippen LogP contribution >= 0.6 is 11.6 Å². The van der Waals surface area contributed by atoms with Crippen LogP contribution in [-0.2, 0) is 16.8 Å². The van der Waals surface area contributed by atoms with Crippen molar-refractivity contribution in [3.63, 3.8) is 0 Å². The largest absolute Gasteiger partial charge is 0.481 e. The third-order valence-electron chi connectivity index (χ3n) is 4.50. The molecule has 0 spiro atoms. The van der Waals surface area contributed by atoms with Gasteiger partial charge in [-0.05, 0) is 36.1 Å². The molecule has 5 heteroatoms. The number of halogens is 1. The van der Waals surface area contributed by atoms with Gasteiger partial charge in [-0.25, -0.2) is 4.98 Å². The zero-order chi connectivity index (χ0) is 16.3. The second kappa shape index (κ2) is 6.59. The Morgan fingerprint density at radius 3 is 2.52 bits per heavy atom.